The minimum Gasteiger partial charge on any atom is -0.377 e. The maximum Gasteiger partial charge on any atom is 0.259 e. The molecule has 2 aromatic carbocycles. The fourth-order valence-corrected chi connectivity index (χ4v) is 4.75. The van der Waals surface area contributed by atoms with Gasteiger partial charge in [-0.15, -0.1) is 11.8 Å². The fourth-order valence-electron chi connectivity index (χ4n) is 3.63. The van der Waals surface area contributed by atoms with Crippen molar-refractivity contribution in [2.75, 3.05) is 23.8 Å². The van der Waals surface area contributed by atoms with Crippen molar-refractivity contribution < 1.29 is 13.9 Å². The van der Waals surface area contributed by atoms with Crippen LogP contribution in [0.25, 0.3) is 0 Å². The Morgan fingerprint density at radius 1 is 1.23 bits per heavy atom. The Morgan fingerprint density at radius 2 is 2.12 bits per heavy atom. The van der Waals surface area contributed by atoms with Crippen molar-refractivity contribution in [3.63, 3.8) is 0 Å². The number of thioether (sulfide) groups is 1. The molecule has 26 heavy (non-hydrogen) atoms. The van der Waals surface area contributed by atoms with Gasteiger partial charge in [-0.2, -0.15) is 0 Å². The summed E-state index contributed by atoms with van der Waals surface area (Å²) in [5.74, 6) is 0.506. The monoisotopic (exact) mass is 371 g/mol. The molecule has 136 valence electrons. The highest BCUT2D eigenvalue weighted by Crippen LogP contribution is 2.32. The first-order valence-electron chi connectivity index (χ1n) is 9.16. The molecule has 2 heterocycles. The van der Waals surface area contributed by atoms with Crippen molar-refractivity contribution >= 4 is 23.4 Å². The Labute approximate surface area is 157 Å². The third-order valence-corrected chi connectivity index (χ3v) is 6.18. The van der Waals surface area contributed by atoms with E-state index in [0.717, 1.165) is 48.5 Å². The van der Waals surface area contributed by atoms with Crippen LogP contribution in [-0.2, 0) is 11.2 Å². The van der Waals surface area contributed by atoms with Crippen LogP contribution in [0.3, 0.4) is 0 Å². The van der Waals surface area contributed by atoms with E-state index < -0.39 is 0 Å². The standard InChI is InChI=1S/C21H22FNO2S/c22-16-10-9-15-5-3-11-23(19(15)13-16)21(24)18-7-1-2-8-20(18)26-14-17-6-4-12-25-17/h1-2,7-10,13,17H,3-6,11-12,14H2. The van der Waals surface area contributed by atoms with Gasteiger partial charge in [0.15, 0.2) is 0 Å². The van der Waals surface area contributed by atoms with Crippen molar-refractivity contribution in [1.29, 1.82) is 0 Å². The number of ether oxygens (including phenoxy) is 1. The summed E-state index contributed by atoms with van der Waals surface area (Å²) >= 11 is 1.67. The Balaban J connectivity index is 1.58. The van der Waals surface area contributed by atoms with Crippen molar-refractivity contribution in [3.8, 4) is 0 Å². The van der Waals surface area contributed by atoms with E-state index >= 15 is 0 Å². The summed E-state index contributed by atoms with van der Waals surface area (Å²) in [6.45, 7) is 1.46. The number of benzene rings is 2. The second-order valence-corrected chi connectivity index (χ2v) is 7.84. The van der Waals surface area contributed by atoms with Gasteiger partial charge >= 0.3 is 0 Å². The number of rotatable bonds is 4. The number of anilines is 1. The molecule has 0 aliphatic carbocycles. The molecule has 1 atom stereocenters. The van der Waals surface area contributed by atoms with Crippen LogP contribution in [0.15, 0.2) is 47.4 Å². The number of carbonyl (C=O) groups is 1. The van der Waals surface area contributed by atoms with Crippen molar-refractivity contribution in [2.24, 2.45) is 0 Å². The highest BCUT2D eigenvalue weighted by molar-refractivity contribution is 7.99. The minimum absolute atomic E-state index is 0.0491. The molecule has 0 radical (unpaired) electrons. The Bertz CT molecular complexity index is 804. The van der Waals surface area contributed by atoms with Crippen LogP contribution >= 0.6 is 11.8 Å². The van der Waals surface area contributed by atoms with E-state index in [0.29, 0.717) is 17.8 Å². The number of aryl methyl sites for hydroxylation is 1. The summed E-state index contributed by atoms with van der Waals surface area (Å²) in [5, 5.41) is 0. The molecule has 5 heteroatoms. The van der Waals surface area contributed by atoms with E-state index in [1.165, 1.54) is 12.1 Å². The number of fused-ring (bicyclic) bond motifs is 1. The lowest BCUT2D eigenvalue weighted by Crippen LogP contribution is -2.35. The molecule has 4 rings (SSSR count). The SMILES string of the molecule is O=C(c1ccccc1SCC1CCCO1)N1CCCc2ccc(F)cc21. The second kappa shape index (κ2) is 7.80. The molecule has 2 aromatic rings. The maximum atomic E-state index is 13.8. The summed E-state index contributed by atoms with van der Waals surface area (Å²) in [4.78, 5) is 15.9. The van der Waals surface area contributed by atoms with Gasteiger partial charge in [0.25, 0.3) is 5.91 Å². The molecule has 0 aromatic heterocycles. The molecule has 3 nitrogen and oxygen atoms in total. The molecule has 0 saturated carbocycles. The van der Waals surface area contributed by atoms with Crippen molar-refractivity contribution in [2.45, 2.75) is 36.7 Å². The summed E-state index contributed by atoms with van der Waals surface area (Å²) in [6.07, 6.45) is 4.25. The molecular weight excluding hydrogens is 349 g/mol. The highest BCUT2D eigenvalue weighted by atomic mass is 32.2. The molecule has 0 spiro atoms. The summed E-state index contributed by atoms with van der Waals surface area (Å²) in [7, 11) is 0. The maximum absolute atomic E-state index is 13.8. The Hall–Kier alpha value is -1.85. The summed E-state index contributed by atoms with van der Waals surface area (Å²) in [6, 6.07) is 12.4. The predicted molar refractivity (Wildman–Crippen MR) is 103 cm³/mol. The zero-order chi connectivity index (χ0) is 17.9. The second-order valence-electron chi connectivity index (χ2n) is 6.78. The van der Waals surface area contributed by atoms with Gasteiger partial charge in [0.05, 0.1) is 17.4 Å². The highest BCUT2D eigenvalue weighted by Gasteiger charge is 2.26. The van der Waals surface area contributed by atoms with E-state index in [4.69, 9.17) is 4.74 Å². The van der Waals surface area contributed by atoms with Gasteiger partial charge in [-0.3, -0.25) is 4.79 Å². The molecule has 0 bridgehead atoms. The van der Waals surface area contributed by atoms with E-state index in [1.54, 1.807) is 22.7 Å². The average Bonchev–Trinajstić information content (AvgIpc) is 3.19. The predicted octanol–water partition coefficient (Wildman–Crippen LogP) is 4.69. The molecule has 2 aliphatic rings. The van der Waals surface area contributed by atoms with Crippen LogP contribution in [0, 0.1) is 5.82 Å². The average molecular weight is 371 g/mol. The lowest BCUT2D eigenvalue weighted by molar-refractivity contribution is 0.0982. The Kier molecular flexibility index (Phi) is 5.27. The van der Waals surface area contributed by atoms with E-state index in [9.17, 15) is 9.18 Å². The van der Waals surface area contributed by atoms with Gasteiger partial charge in [0.2, 0.25) is 0 Å². The third kappa shape index (κ3) is 3.64. The first-order chi connectivity index (χ1) is 12.7. The van der Waals surface area contributed by atoms with Crippen LogP contribution in [0.4, 0.5) is 10.1 Å². The van der Waals surface area contributed by atoms with Gasteiger partial charge in [-0.25, -0.2) is 4.39 Å². The van der Waals surface area contributed by atoms with E-state index in [2.05, 4.69) is 0 Å². The van der Waals surface area contributed by atoms with Gasteiger partial charge in [-0.1, -0.05) is 18.2 Å². The normalized spacial score (nSPS) is 19.4. The van der Waals surface area contributed by atoms with Gasteiger partial charge < -0.3 is 9.64 Å². The van der Waals surface area contributed by atoms with E-state index in [1.807, 2.05) is 24.3 Å². The van der Waals surface area contributed by atoms with Gasteiger partial charge in [0.1, 0.15) is 5.82 Å². The minimum atomic E-state index is -0.301. The number of halogens is 1. The fraction of sp³-hybridized carbons (Fsp3) is 0.381. The largest absolute Gasteiger partial charge is 0.377 e. The Morgan fingerprint density at radius 3 is 2.96 bits per heavy atom. The lowest BCUT2D eigenvalue weighted by atomic mass is 10.0. The zero-order valence-corrected chi connectivity index (χ0v) is 15.4. The molecule has 0 N–H and O–H groups in total. The number of amides is 1. The van der Waals surface area contributed by atoms with Crippen molar-refractivity contribution in [1.82, 2.24) is 0 Å². The lowest BCUT2D eigenvalue weighted by Gasteiger charge is -2.30. The van der Waals surface area contributed by atoms with Gasteiger partial charge in [-0.05, 0) is 55.5 Å². The molecule has 2 aliphatic heterocycles. The first-order valence-corrected chi connectivity index (χ1v) is 10.1. The number of hydrogen-bond donors (Lipinski definition) is 0. The van der Waals surface area contributed by atoms with Crippen LogP contribution in [0.2, 0.25) is 0 Å². The summed E-state index contributed by atoms with van der Waals surface area (Å²) in [5.41, 5.74) is 2.43. The summed E-state index contributed by atoms with van der Waals surface area (Å²) < 4.78 is 19.4. The van der Waals surface area contributed by atoms with Crippen LogP contribution in [0.5, 0.6) is 0 Å². The quantitative estimate of drug-likeness (QED) is 0.730. The molecule has 1 saturated heterocycles. The van der Waals surface area contributed by atoms with Crippen LogP contribution in [0.1, 0.15) is 35.2 Å². The third-order valence-electron chi connectivity index (χ3n) is 4.98. The topological polar surface area (TPSA) is 29.5 Å². The van der Waals surface area contributed by atoms with Crippen LogP contribution < -0.4 is 4.90 Å². The van der Waals surface area contributed by atoms with E-state index in [-0.39, 0.29) is 17.8 Å². The number of nitrogens with zero attached hydrogens (tertiary/aromatic N) is 1. The smallest absolute Gasteiger partial charge is 0.259 e. The van der Waals surface area contributed by atoms with Crippen molar-refractivity contribution in [3.05, 3.63) is 59.4 Å². The van der Waals surface area contributed by atoms with Crippen LogP contribution in [-0.4, -0.2) is 30.9 Å². The zero-order valence-electron chi connectivity index (χ0n) is 14.6. The molecule has 1 amide bonds. The molecular formula is C21H22FNO2S. The number of carbonyl (C=O) groups excluding carboxylic acids is 1. The number of hydrogen-bond acceptors (Lipinski definition) is 3. The van der Waals surface area contributed by atoms with Gasteiger partial charge in [0, 0.05) is 23.8 Å². The molecule has 1 fully saturated rings. The first kappa shape index (κ1) is 17.6. The molecule has 1 unspecified atom stereocenters.